The molecular formula is C21H23N7OS. The number of benzene rings is 1. The average molecular weight is 422 g/mol. The van der Waals surface area contributed by atoms with Gasteiger partial charge in [0.05, 0.1) is 36.7 Å². The van der Waals surface area contributed by atoms with Gasteiger partial charge in [0.15, 0.2) is 0 Å². The van der Waals surface area contributed by atoms with E-state index < -0.39 is 0 Å². The van der Waals surface area contributed by atoms with Gasteiger partial charge in [0, 0.05) is 30.2 Å². The largest absolute Gasteiger partial charge is 0.378 e. The first kappa shape index (κ1) is 20.3. The van der Waals surface area contributed by atoms with E-state index in [-0.39, 0.29) is 0 Å². The van der Waals surface area contributed by atoms with E-state index in [2.05, 4.69) is 26.0 Å². The molecule has 1 aromatic carbocycles. The lowest BCUT2D eigenvalue weighted by atomic mass is 10.2. The van der Waals surface area contributed by atoms with Crippen molar-refractivity contribution in [3.05, 3.63) is 53.6 Å². The number of rotatable bonds is 6. The van der Waals surface area contributed by atoms with Crippen molar-refractivity contribution in [1.82, 2.24) is 19.7 Å². The lowest BCUT2D eigenvalue weighted by Gasteiger charge is -2.28. The van der Waals surface area contributed by atoms with Crippen molar-refractivity contribution in [1.29, 1.82) is 5.26 Å². The van der Waals surface area contributed by atoms with Gasteiger partial charge < -0.3 is 15.4 Å². The fourth-order valence-electron chi connectivity index (χ4n) is 3.29. The number of nitrogens with two attached hydrogens (primary N) is 1. The normalized spacial score (nSPS) is 14.0. The molecule has 0 saturated carbocycles. The quantitative estimate of drug-likeness (QED) is 0.605. The second-order valence-corrected chi connectivity index (χ2v) is 8.00. The highest BCUT2D eigenvalue weighted by molar-refractivity contribution is 7.99. The minimum Gasteiger partial charge on any atom is -0.378 e. The summed E-state index contributed by atoms with van der Waals surface area (Å²) in [5, 5.41) is 14.7. The van der Waals surface area contributed by atoms with E-state index in [0.29, 0.717) is 31.1 Å². The Hall–Kier alpha value is -2.93. The van der Waals surface area contributed by atoms with Crippen molar-refractivity contribution >= 4 is 17.6 Å². The molecule has 0 amide bonds. The van der Waals surface area contributed by atoms with E-state index in [9.17, 15) is 5.26 Å². The lowest BCUT2D eigenvalue weighted by Crippen LogP contribution is -2.36. The fourth-order valence-corrected chi connectivity index (χ4v) is 4.31. The molecule has 8 nitrogen and oxygen atoms in total. The molecule has 0 bridgehead atoms. The third-order valence-electron chi connectivity index (χ3n) is 4.76. The number of nitrogens with zero attached hydrogens (tertiary/aromatic N) is 6. The van der Waals surface area contributed by atoms with Gasteiger partial charge in [-0.25, -0.2) is 14.6 Å². The van der Waals surface area contributed by atoms with Gasteiger partial charge in [-0.15, -0.1) is 0 Å². The van der Waals surface area contributed by atoms with E-state index in [0.717, 1.165) is 46.5 Å². The molecule has 3 heterocycles. The van der Waals surface area contributed by atoms with Gasteiger partial charge in [-0.2, -0.15) is 10.4 Å². The molecule has 4 rings (SSSR count). The maximum atomic E-state index is 9.38. The number of aryl methyl sites for hydroxylation is 1. The van der Waals surface area contributed by atoms with Gasteiger partial charge >= 0.3 is 0 Å². The van der Waals surface area contributed by atoms with Crippen LogP contribution in [0.4, 0.5) is 5.82 Å². The summed E-state index contributed by atoms with van der Waals surface area (Å²) in [6, 6.07) is 9.80. The molecule has 3 aromatic rings. The van der Waals surface area contributed by atoms with Crippen LogP contribution in [0.5, 0.6) is 0 Å². The van der Waals surface area contributed by atoms with Gasteiger partial charge in [0.1, 0.15) is 16.7 Å². The predicted octanol–water partition coefficient (Wildman–Crippen LogP) is 2.33. The van der Waals surface area contributed by atoms with Crippen LogP contribution in [0.1, 0.15) is 17.0 Å². The zero-order valence-electron chi connectivity index (χ0n) is 16.8. The van der Waals surface area contributed by atoms with Crippen LogP contribution in [-0.4, -0.2) is 52.6 Å². The molecule has 0 spiro atoms. The number of anilines is 1. The summed E-state index contributed by atoms with van der Waals surface area (Å²) in [6.07, 6.45) is 4.57. The number of hydrogen-bond acceptors (Lipinski definition) is 8. The summed E-state index contributed by atoms with van der Waals surface area (Å²) in [5.41, 5.74) is 8.23. The van der Waals surface area contributed by atoms with Gasteiger partial charge in [-0.05, 0) is 43.7 Å². The first-order valence-electron chi connectivity index (χ1n) is 9.80. The Morgan fingerprint density at radius 2 is 2.07 bits per heavy atom. The van der Waals surface area contributed by atoms with Crippen molar-refractivity contribution < 1.29 is 4.74 Å². The standard InChI is InChI=1S/C21H23N7OS/c1-15-25-20(27-6-8-29-9-7-27)11-21(26-15)30-19-10-16(12-23)2-3-18(19)28-14-17(4-5-22)13-24-28/h2-3,10-11,13-14H,4-9,22H2,1H3. The first-order chi connectivity index (χ1) is 14.7. The van der Waals surface area contributed by atoms with E-state index in [4.69, 9.17) is 10.5 Å². The smallest absolute Gasteiger partial charge is 0.133 e. The minimum atomic E-state index is 0.575. The molecule has 0 aliphatic carbocycles. The molecule has 2 N–H and O–H groups in total. The Kier molecular flexibility index (Phi) is 6.28. The predicted molar refractivity (Wildman–Crippen MR) is 115 cm³/mol. The van der Waals surface area contributed by atoms with Crippen LogP contribution in [0.25, 0.3) is 5.69 Å². The zero-order chi connectivity index (χ0) is 20.9. The maximum absolute atomic E-state index is 9.38. The monoisotopic (exact) mass is 421 g/mol. The Morgan fingerprint density at radius 1 is 1.23 bits per heavy atom. The first-order valence-corrected chi connectivity index (χ1v) is 10.6. The topological polar surface area (TPSA) is 106 Å². The molecule has 9 heteroatoms. The minimum absolute atomic E-state index is 0.575. The molecule has 2 aromatic heterocycles. The highest BCUT2D eigenvalue weighted by Gasteiger charge is 2.16. The SMILES string of the molecule is Cc1nc(Sc2cc(C#N)ccc2-n2cc(CCN)cn2)cc(N2CCOCC2)n1. The molecule has 154 valence electrons. The molecule has 1 saturated heterocycles. The highest BCUT2D eigenvalue weighted by atomic mass is 32.2. The molecule has 0 unspecified atom stereocenters. The Morgan fingerprint density at radius 3 is 2.83 bits per heavy atom. The Balaban J connectivity index is 1.68. The van der Waals surface area contributed by atoms with Crippen LogP contribution in [0.3, 0.4) is 0 Å². The number of ether oxygens (including phenoxy) is 1. The van der Waals surface area contributed by atoms with Crippen LogP contribution in [0, 0.1) is 18.3 Å². The summed E-state index contributed by atoms with van der Waals surface area (Å²) in [4.78, 5) is 12.3. The van der Waals surface area contributed by atoms with Gasteiger partial charge in [-0.3, -0.25) is 0 Å². The molecular weight excluding hydrogens is 398 g/mol. The molecule has 1 aliphatic rings. The third kappa shape index (κ3) is 4.62. The van der Waals surface area contributed by atoms with E-state index >= 15 is 0 Å². The fraction of sp³-hybridized carbons (Fsp3) is 0.333. The number of aromatic nitrogens is 4. The summed E-state index contributed by atoms with van der Waals surface area (Å²) in [7, 11) is 0. The molecule has 0 atom stereocenters. The van der Waals surface area contributed by atoms with Crippen molar-refractivity contribution in [3.8, 4) is 11.8 Å². The van der Waals surface area contributed by atoms with Crippen LogP contribution in [-0.2, 0) is 11.2 Å². The molecule has 1 fully saturated rings. The van der Waals surface area contributed by atoms with Crippen molar-refractivity contribution in [2.45, 2.75) is 23.3 Å². The molecule has 30 heavy (non-hydrogen) atoms. The summed E-state index contributed by atoms with van der Waals surface area (Å²) >= 11 is 1.51. The van der Waals surface area contributed by atoms with Crippen LogP contribution in [0.2, 0.25) is 0 Å². The molecule has 1 aliphatic heterocycles. The third-order valence-corrected chi connectivity index (χ3v) is 5.72. The highest BCUT2D eigenvalue weighted by Crippen LogP contribution is 2.33. The van der Waals surface area contributed by atoms with Crippen molar-refractivity contribution in [2.75, 3.05) is 37.7 Å². The second kappa shape index (κ2) is 9.26. The van der Waals surface area contributed by atoms with Gasteiger partial charge in [0.2, 0.25) is 0 Å². The van der Waals surface area contributed by atoms with Crippen molar-refractivity contribution in [3.63, 3.8) is 0 Å². The summed E-state index contributed by atoms with van der Waals surface area (Å²) < 4.78 is 7.27. The van der Waals surface area contributed by atoms with E-state index in [1.807, 2.05) is 42.2 Å². The average Bonchev–Trinajstić information content (AvgIpc) is 3.22. The molecule has 0 radical (unpaired) electrons. The number of morpholine rings is 1. The summed E-state index contributed by atoms with van der Waals surface area (Å²) in [5.74, 6) is 1.61. The second-order valence-electron chi connectivity index (χ2n) is 6.94. The van der Waals surface area contributed by atoms with Crippen LogP contribution in [0.15, 0.2) is 46.6 Å². The van der Waals surface area contributed by atoms with Gasteiger partial charge in [0.25, 0.3) is 0 Å². The van der Waals surface area contributed by atoms with Crippen molar-refractivity contribution in [2.24, 2.45) is 5.73 Å². The number of hydrogen-bond donors (Lipinski definition) is 1. The van der Waals surface area contributed by atoms with E-state index in [1.165, 1.54) is 11.8 Å². The maximum Gasteiger partial charge on any atom is 0.133 e. The van der Waals surface area contributed by atoms with E-state index in [1.54, 1.807) is 6.07 Å². The summed E-state index contributed by atoms with van der Waals surface area (Å²) in [6.45, 7) is 5.49. The van der Waals surface area contributed by atoms with Gasteiger partial charge in [-0.1, -0.05) is 11.8 Å². The number of nitriles is 1. The van der Waals surface area contributed by atoms with Crippen LogP contribution < -0.4 is 10.6 Å². The van der Waals surface area contributed by atoms with Crippen LogP contribution >= 0.6 is 11.8 Å². The Bertz CT molecular complexity index is 1070. The lowest BCUT2D eigenvalue weighted by molar-refractivity contribution is 0.122. The zero-order valence-corrected chi connectivity index (χ0v) is 17.6. The Labute approximate surface area is 179 Å².